The van der Waals surface area contributed by atoms with E-state index >= 15 is 0 Å². The second-order valence-corrected chi connectivity index (χ2v) is 6.21. The molecule has 0 bridgehead atoms. The highest BCUT2D eigenvalue weighted by Gasteiger charge is 2.27. The zero-order chi connectivity index (χ0) is 17.1. The van der Waals surface area contributed by atoms with Gasteiger partial charge in [-0.1, -0.05) is 12.1 Å². The second kappa shape index (κ2) is 7.05. The first kappa shape index (κ1) is 16.5. The van der Waals surface area contributed by atoms with E-state index in [4.69, 9.17) is 4.74 Å². The maximum Gasteiger partial charge on any atom is 0.272 e. The van der Waals surface area contributed by atoms with Gasteiger partial charge in [0, 0.05) is 31.2 Å². The summed E-state index contributed by atoms with van der Waals surface area (Å²) in [7, 11) is 2.08. The minimum absolute atomic E-state index is 0.00300. The first-order chi connectivity index (χ1) is 11.6. The Kier molecular flexibility index (Phi) is 4.85. The molecule has 0 saturated carbocycles. The van der Waals surface area contributed by atoms with Gasteiger partial charge in [0.05, 0.1) is 12.3 Å². The van der Waals surface area contributed by atoms with Crippen molar-refractivity contribution in [1.82, 2.24) is 20.0 Å². The van der Waals surface area contributed by atoms with E-state index < -0.39 is 0 Å². The molecule has 1 aliphatic heterocycles. The summed E-state index contributed by atoms with van der Waals surface area (Å²) in [5.74, 6) is 0.779. The quantitative estimate of drug-likeness (QED) is 0.935. The monoisotopic (exact) mass is 328 g/mol. The maximum absolute atomic E-state index is 12.8. The van der Waals surface area contributed by atoms with Crippen molar-refractivity contribution in [3.63, 3.8) is 0 Å². The fraction of sp³-hybridized carbons (Fsp3) is 0.444. The molecule has 1 N–H and O–H groups in total. The minimum atomic E-state index is 0.00300. The second-order valence-electron chi connectivity index (χ2n) is 6.21. The largest absolute Gasteiger partial charge is 0.493 e. The Morgan fingerprint density at radius 2 is 2.17 bits per heavy atom. The van der Waals surface area contributed by atoms with Crippen molar-refractivity contribution >= 4 is 5.91 Å². The topological polar surface area (TPSA) is 61.5 Å². The number of nitrogens with one attached hydrogen (secondary N) is 1. The van der Waals surface area contributed by atoms with Crippen molar-refractivity contribution in [2.75, 3.05) is 33.3 Å². The number of para-hydroxylation sites is 1. The molecule has 24 heavy (non-hydrogen) atoms. The molecular weight excluding hydrogens is 304 g/mol. The van der Waals surface area contributed by atoms with Crippen LogP contribution in [0, 0.1) is 0 Å². The van der Waals surface area contributed by atoms with Crippen LogP contribution in [0.1, 0.15) is 24.3 Å². The number of hydrogen-bond donors (Lipinski definition) is 1. The summed E-state index contributed by atoms with van der Waals surface area (Å²) in [5, 5.41) is 7.21. The van der Waals surface area contributed by atoms with E-state index in [9.17, 15) is 4.79 Å². The highest BCUT2D eigenvalue weighted by atomic mass is 16.5. The number of H-pyrrole nitrogens is 1. The number of rotatable bonds is 4. The van der Waals surface area contributed by atoms with E-state index in [1.807, 2.05) is 42.2 Å². The smallest absolute Gasteiger partial charge is 0.272 e. The molecule has 3 rings (SSSR count). The Morgan fingerprint density at radius 3 is 2.92 bits per heavy atom. The predicted octanol–water partition coefficient (Wildman–Crippen LogP) is 2.25. The summed E-state index contributed by atoms with van der Waals surface area (Å²) < 4.78 is 5.65. The Bertz CT molecular complexity index is 713. The van der Waals surface area contributed by atoms with Gasteiger partial charge in [-0.2, -0.15) is 5.10 Å². The fourth-order valence-electron chi connectivity index (χ4n) is 3.13. The molecule has 1 amide bonds. The van der Waals surface area contributed by atoms with Gasteiger partial charge in [0.15, 0.2) is 0 Å². The molecule has 1 aliphatic rings. The fourth-order valence-corrected chi connectivity index (χ4v) is 3.13. The molecule has 0 aliphatic carbocycles. The van der Waals surface area contributed by atoms with Crippen molar-refractivity contribution in [2.45, 2.75) is 19.9 Å². The Balaban J connectivity index is 1.82. The number of likely N-dealkylation sites (N-methyl/N-ethyl adjacent to an activating group) is 1. The molecule has 0 spiro atoms. The van der Waals surface area contributed by atoms with Gasteiger partial charge in [0.25, 0.3) is 5.91 Å². The predicted molar refractivity (Wildman–Crippen MR) is 93.2 cm³/mol. The van der Waals surface area contributed by atoms with Gasteiger partial charge in [-0.05, 0) is 39.1 Å². The molecule has 6 nitrogen and oxygen atoms in total. The number of piperazine rings is 1. The number of hydrogen-bond acceptors (Lipinski definition) is 4. The summed E-state index contributed by atoms with van der Waals surface area (Å²) >= 11 is 0. The number of ether oxygens (including phenoxy) is 1. The third-order valence-corrected chi connectivity index (χ3v) is 4.36. The molecule has 2 heterocycles. The number of amides is 1. The maximum atomic E-state index is 12.8. The van der Waals surface area contributed by atoms with Gasteiger partial charge in [0.1, 0.15) is 11.4 Å². The summed E-state index contributed by atoms with van der Waals surface area (Å²) in [6, 6.07) is 9.74. The van der Waals surface area contributed by atoms with Gasteiger partial charge >= 0.3 is 0 Å². The van der Waals surface area contributed by atoms with Crippen LogP contribution in [-0.2, 0) is 0 Å². The van der Waals surface area contributed by atoms with Crippen molar-refractivity contribution in [3.05, 3.63) is 36.0 Å². The van der Waals surface area contributed by atoms with Crippen LogP contribution in [0.3, 0.4) is 0 Å². The summed E-state index contributed by atoms with van der Waals surface area (Å²) in [6.07, 6.45) is 0. The summed E-state index contributed by atoms with van der Waals surface area (Å²) in [6.45, 7) is 7.14. The van der Waals surface area contributed by atoms with Gasteiger partial charge in [0.2, 0.25) is 0 Å². The lowest BCUT2D eigenvalue weighted by Gasteiger charge is -2.37. The normalized spacial score (nSPS) is 18.6. The van der Waals surface area contributed by atoms with Crippen molar-refractivity contribution < 1.29 is 9.53 Å². The molecule has 0 unspecified atom stereocenters. The summed E-state index contributed by atoms with van der Waals surface area (Å²) in [4.78, 5) is 16.9. The van der Waals surface area contributed by atoms with Crippen LogP contribution in [0.4, 0.5) is 0 Å². The van der Waals surface area contributed by atoms with Crippen molar-refractivity contribution in [3.8, 4) is 17.0 Å². The van der Waals surface area contributed by atoms with E-state index in [1.165, 1.54) is 0 Å². The van der Waals surface area contributed by atoms with Crippen LogP contribution in [0.2, 0.25) is 0 Å². The van der Waals surface area contributed by atoms with E-state index in [2.05, 4.69) is 29.1 Å². The van der Waals surface area contributed by atoms with Crippen LogP contribution in [0.15, 0.2) is 30.3 Å². The third-order valence-electron chi connectivity index (χ3n) is 4.36. The lowest BCUT2D eigenvalue weighted by molar-refractivity contribution is 0.0527. The van der Waals surface area contributed by atoms with E-state index in [-0.39, 0.29) is 11.9 Å². The SMILES string of the molecule is CCOc1ccccc1-c1cc(C(=O)N2CCN(C)C[C@H]2C)[nH]n1. The summed E-state index contributed by atoms with van der Waals surface area (Å²) in [5.41, 5.74) is 2.14. The molecule has 6 heteroatoms. The Morgan fingerprint density at radius 1 is 1.38 bits per heavy atom. The highest BCUT2D eigenvalue weighted by Crippen LogP contribution is 2.29. The first-order valence-electron chi connectivity index (χ1n) is 8.37. The third kappa shape index (κ3) is 3.28. The average molecular weight is 328 g/mol. The molecular formula is C18H24N4O2. The number of nitrogens with zero attached hydrogens (tertiary/aromatic N) is 3. The number of aromatic nitrogens is 2. The number of aromatic amines is 1. The molecule has 1 aromatic heterocycles. The number of carbonyl (C=O) groups is 1. The van der Waals surface area contributed by atoms with Gasteiger partial charge in [-0.25, -0.2) is 0 Å². The molecule has 128 valence electrons. The van der Waals surface area contributed by atoms with Gasteiger partial charge < -0.3 is 14.5 Å². The van der Waals surface area contributed by atoms with E-state index in [0.29, 0.717) is 12.3 Å². The van der Waals surface area contributed by atoms with Crippen LogP contribution in [0.5, 0.6) is 5.75 Å². The average Bonchev–Trinajstić information content (AvgIpc) is 3.05. The van der Waals surface area contributed by atoms with E-state index in [1.54, 1.807) is 0 Å². The lowest BCUT2D eigenvalue weighted by atomic mass is 10.1. The Labute approximate surface area is 142 Å². The van der Waals surface area contributed by atoms with Gasteiger partial charge in [-0.15, -0.1) is 0 Å². The number of benzene rings is 1. The molecule has 2 aromatic rings. The molecule has 0 radical (unpaired) electrons. The zero-order valence-electron chi connectivity index (χ0n) is 14.5. The van der Waals surface area contributed by atoms with E-state index in [0.717, 1.165) is 36.6 Å². The molecule has 1 aromatic carbocycles. The van der Waals surface area contributed by atoms with Crippen LogP contribution in [-0.4, -0.2) is 65.2 Å². The zero-order valence-corrected chi connectivity index (χ0v) is 14.5. The Hall–Kier alpha value is -2.34. The minimum Gasteiger partial charge on any atom is -0.493 e. The van der Waals surface area contributed by atoms with Crippen molar-refractivity contribution in [2.24, 2.45) is 0 Å². The lowest BCUT2D eigenvalue weighted by Crippen LogP contribution is -2.52. The van der Waals surface area contributed by atoms with Crippen molar-refractivity contribution in [1.29, 1.82) is 0 Å². The highest BCUT2D eigenvalue weighted by molar-refractivity contribution is 5.94. The van der Waals surface area contributed by atoms with Crippen LogP contribution in [0.25, 0.3) is 11.3 Å². The molecule has 1 atom stereocenters. The van der Waals surface area contributed by atoms with Crippen LogP contribution >= 0.6 is 0 Å². The first-order valence-corrected chi connectivity index (χ1v) is 8.37. The van der Waals surface area contributed by atoms with Crippen LogP contribution < -0.4 is 4.74 Å². The molecule has 1 saturated heterocycles. The van der Waals surface area contributed by atoms with Gasteiger partial charge in [-0.3, -0.25) is 9.89 Å². The molecule has 1 fully saturated rings. The number of carbonyl (C=O) groups excluding carboxylic acids is 1. The standard InChI is InChI=1S/C18H24N4O2/c1-4-24-17-8-6-5-7-14(17)15-11-16(20-19-15)18(23)22-10-9-21(3)12-13(22)2/h5-8,11,13H,4,9-10,12H2,1-3H3,(H,19,20)/t13-/m1/s1.